The van der Waals surface area contributed by atoms with E-state index in [9.17, 15) is 13.2 Å². The van der Waals surface area contributed by atoms with Gasteiger partial charge in [0.2, 0.25) is 0 Å². The van der Waals surface area contributed by atoms with Crippen LogP contribution in [0.3, 0.4) is 0 Å². The predicted octanol–water partition coefficient (Wildman–Crippen LogP) is 3.45. The lowest BCUT2D eigenvalue weighted by Gasteiger charge is -2.35. The molecule has 1 amide bonds. The zero-order valence-electron chi connectivity index (χ0n) is 26.1. The van der Waals surface area contributed by atoms with Crippen LogP contribution in [0.5, 0.6) is 0 Å². The van der Waals surface area contributed by atoms with Gasteiger partial charge < -0.3 is 20.3 Å². The molecule has 46 heavy (non-hydrogen) atoms. The van der Waals surface area contributed by atoms with Gasteiger partial charge >= 0.3 is 6.09 Å². The number of aromatic nitrogens is 7. The first kappa shape index (κ1) is 31.0. The maximum atomic E-state index is 12.6. The maximum absolute atomic E-state index is 12.6. The van der Waals surface area contributed by atoms with Gasteiger partial charge in [-0.15, -0.1) is 0 Å². The number of hydrogen-bond acceptors (Lipinski definition) is 11. The fraction of sp³-hybridized carbons (Fsp3) is 0.419. The molecule has 14 nitrogen and oxygen atoms in total. The Labute approximate surface area is 267 Å². The van der Waals surface area contributed by atoms with Crippen molar-refractivity contribution >= 4 is 33.4 Å². The van der Waals surface area contributed by atoms with E-state index in [2.05, 4.69) is 52.5 Å². The number of ether oxygens (including phenoxy) is 1. The number of carbonyl (C=O) groups is 1. The van der Waals surface area contributed by atoms with Crippen LogP contribution in [0.15, 0.2) is 49.3 Å². The topological polar surface area (TPSA) is 162 Å². The van der Waals surface area contributed by atoms with Gasteiger partial charge in [0.1, 0.15) is 17.2 Å². The van der Waals surface area contributed by atoms with Crippen molar-refractivity contribution in [3.8, 4) is 23.2 Å². The van der Waals surface area contributed by atoms with Gasteiger partial charge in [0, 0.05) is 50.8 Å². The van der Waals surface area contributed by atoms with Crippen molar-refractivity contribution in [2.75, 3.05) is 23.3 Å². The number of carbonyl (C=O) groups excluding carboxylic acids is 1. The Morgan fingerprint density at radius 3 is 2.48 bits per heavy atom. The number of piperidine rings is 1. The van der Waals surface area contributed by atoms with Crippen molar-refractivity contribution < 1.29 is 17.9 Å². The number of alkyl carbamates (subject to hydrolysis) is 1. The fourth-order valence-electron chi connectivity index (χ4n) is 5.01. The summed E-state index contributed by atoms with van der Waals surface area (Å²) in [6, 6.07) is 3.63. The van der Waals surface area contributed by atoms with Crippen LogP contribution in [0.1, 0.15) is 57.6 Å². The molecule has 1 aliphatic heterocycles. The third kappa shape index (κ3) is 7.45. The van der Waals surface area contributed by atoms with Gasteiger partial charge in [-0.2, -0.15) is 14.3 Å². The highest BCUT2D eigenvalue weighted by molar-refractivity contribution is 7.90. The molecule has 0 spiro atoms. The van der Waals surface area contributed by atoms with E-state index >= 15 is 0 Å². The third-order valence-corrected chi connectivity index (χ3v) is 9.46. The van der Waals surface area contributed by atoms with E-state index in [-0.39, 0.29) is 11.3 Å². The van der Waals surface area contributed by atoms with Gasteiger partial charge in [0.15, 0.2) is 5.82 Å². The number of nitrogens with one attached hydrogen (secondary N) is 2. The van der Waals surface area contributed by atoms with Gasteiger partial charge in [-0.25, -0.2) is 28.2 Å². The van der Waals surface area contributed by atoms with E-state index in [4.69, 9.17) is 4.74 Å². The van der Waals surface area contributed by atoms with Crippen LogP contribution in [-0.4, -0.2) is 78.4 Å². The molecule has 5 heterocycles. The minimum Gasteiger partial charge on any atom is -0.444 e. The number of rotatable bonds is 7. The van der Waals surface area contributed by atoms with Crippen molar-refractivity contribution in [2.45, 2.75) is 63.3 Å². The second-order valence-electron chi connectivity index (χ2n) is 12.4. The highest BCUT2D eigenvalue weighted by Gasteiger charge is 2.37. The summed E-state index contributed by atoms with van der Waals surface area (Å²) in [7, 11) is -1.65. The van der Waals surface area contributed by atoms with Crippen molar-refractivity contribution in [1.82, 2.24) is 39.2 Å². The molecule has 1 saturated heterocycles. The summed E-state index contributed by atoms with van der Waals surface area (Å²) in [6.07, 6.45) is 12.1. The monoisotopic (exact) mass is 644 g/mol. The highest BCUT2D eigenvalue weighted by atomic mass is 32.2. The van der Waals surface area contributed by atoms with Gasteiger partial charge in [0.25, 0.3) is 10.0 Å². The molecule has 0 aromatic carbocycles. The molecular formula is C31H36N10O4S. The molecule has 240 valence electrons. The SMILES string of the molecule is Cn1cc(C#Cc2cnc(Nc3ccnc(-c4cnn(S(=O)(=O)C5CC5)c4)n3)cc2N2CCC(NC(=O)OC(C)(C)C)CC2)cn1. The average molecular weight is 645 g/mol. The normalized spacial score (nSPS) is 15.6. The minimum atomic E-state index is -3.49. The molecule has 0 unspecified atom stereocenters. The average Bonchev–Trinajstić information content (AvgIpc) is 3.61. The van der Waals surface area contributed by atoms with Crippen molar-refractivity contribution in [2.24, 2.45) is 7.05 Å². The minimum absolute atomic E-state index is 0.00137. The summed E-state index contributed by atoms with van der Waals surface area (Å²) >= 11 is 0. The first-order valence-electron chi connectivity index (χ1n) is 15.1. The van der Waals surface area contributed by atoms with Gasteiger partial charge in [-0.3, -0.25) is 4.68 Å². The number of pyridine rings is 1. The van der Waals surface area contributed by atoms with Gasteiger partial charge in [-0.05, 0) is 52.5 Å². The molecule has 2 N–H and O–H groups in total. The largest absolute Gasteiger partial charge is 0.444 e. The molecule has 15 heteroatoms. The molecule has 4 aromatic rings. The Bertz CT molecular complexity index is 1910. The molecule has 1 saturated carbocycles. The molecule has 0 atom stereocenters. The van der Waals surface area contributed by atoms with Crippen LogP contribution in [0, 0.1) is 11.8 Å². The summed E-state index contributed by atoms with van der Waals surface area (Å²) in [5.74, 6) is 7.78. The number of anilines is 3. The van der Waals surface area contributed by atoms with Crippen molar-refractivity contribution in [3.05, 3.63) is 60.4 Å². The first-order valence-corrected chi connectivity index (χ1v) is 16.6. The molecule has 1 aliphatic carbocycles. The molecule has 4 aromatic heterocycles. The number of hydrogen-bond donors (Lipinski definition) is 2. The second-order valence-corrected chi connectivity index (χ2v) is 14.5. The Kier molecular flexibility index (Phi) is 8.39. The molecule has 0 bridgehead atoms. The Hall–Kier alpha value is -4.97. The van der Waals surface area contributed by atoms with E-state index in [1.165, 1.54) is 12.4 Å². The van der Waals surface area contributed by atoms with Crippen LogP contribution in [0.2, 0.25) is 0 Å². The van der Waals surface area contributed by atoms with Gasteiger partial charge in [0.05, 0.1) is 46.2 Å². The number of aryl methyl sites for hydroxylation is 1. The summed E-state index contributed by atoms with van der Waals surface area (Å²) in [5.41, 5.74) is 2.37. The lowest BCUT2D eigenvalue weighted by Crippen LogP contribution is -2.46. The standard InChI is InChI=1S/C31H36N10O4S/c1-31(2,3)45-30(42)36-24-10-13-40(14-11-24)26-15-28(33-17-22(26)6-5-21-16-34-39(4)19-21)37-27-9-12-32-29(38-27)23-18-35-41(20-23)46(43,44)25-7-8-25/h9,12,15-20,24-25H,7-8,10-11,13-14H2,1-4H3,(H,36,42)(H,32,33,37,38). The Morgan fingerprint density at radius 1 is 1.00 bits per heavy atom. The zero-order chi connectivity index (χ0) is 32.5. The molecule has 2 fully saturated rings. The Balaban J connectivity index is 1.21. The lowest BCUT2D eigenvalue weighted by atomic mass is 10.0. The lowest BCUT2D eigenvalue weighted by molar-refractivity contribution is 0.0497. The van der Waals surface area contributed by atoms with E-state index in [1.54, 1.807) is 29.3 Å². The quantitative estimate of drug-likeness (QED) is 0.284. The van der Waals surface area contributed by atoms with E-state index in [0.717, 1.165) is 33.7 Å². The van der Waals surface area contributed by atoms with Crippen molar-refractivity contribution in [1.29, 1.82) is 0 Å². The summed E-state index contributed by atoms with van der Waals surface area (Å²) < 4.78 is 33.3. The molecule has 2 aliphatic rings. The van der Waals surface area contributed by atoms with E-state index in [0.29, 0.717) is 49.0 Å². The number of nitrogens with zero attached hydrogens (tertiary/aromatic N) is 8. The van der Waals surface area contributed by atoms with E-state index < -0.39 is 21.7 Å². The molecular weight excluding hydrogens is 608 g/mol. The van der Waals surface area contributed by atoms with Crippen molar-refractivity contribution in [3.63, 3.8) is 0 Å². The summed E-state index contributed by atoms with van der Waals surface area (Å²) in [4.78, 5) is 28.1. The highest BCUT2D eigenvalue weighted by Crippen LogP contribution is 2.31. The third-order valence-electron chi connectivity index (χ3n) is 7.42. The Morgan fingerprint density at radius 2 is 1.78 bits per heavy atom. The van der Waals surface area contributed by atoms with Gasteiger partial charge in [-0.1, -0.05) is 11.8 Å². The summed E-state index contributed by atoms with van der Waals surface area (Å²) in [6.45, 7) is 6.92. The smallest absolute Gasteiger partial charge is 0.407 e. The predicted molar refractivity (Wildman–Crippen MR) is 172 cm³/mol. The molecule has 0 radical (unpaired) electrons. The zero-order valence-corrected chi connectivity index (χ0v) is 27.0. The summed E-state index contributed by atoms with van der Waals surface area (Å²) in [5, 5.41) is 14.1. The van der Waals surface area contributed by atoms with Crippen LogP contribution in [-0.2, 0) is 21.8 Å². The van der Waals surface area contributed by atoms with Crippen LogP contribution in [0.4, 0.5) is 22.1 Å². The maximum Gasteiger partial charge on any atom is 0.407 e. The fourth-order valence-corrected chi connectivity index (χ4v) is 6.49. The van der Waals surface area contributed by atoms with Crippen LogP contribution in [0.25, 0.3) is 11.4 Å². The van der Waals surface area contributed by atoms with Crippen LogP contribution >= 0.6 is 0 Å². The van der Waals surface area contributed by atoms with E-state index in [1.807, 2.05) is 40.1 Å². The van der Waals surface area contributed by atoms with Crippen LogP contribution < -0.4 is 15.5 Å². The first-order chi connectivity index (χ1) is 21.9. The number of amides is 1. The molecule has 6 rings (SSSR count). The second kappa shape index (κ2) is 12.4.